The molecule has 0 aliphatic heterocycles. The third-order valence-corrected chi connectivity index (χ3v) is 2.84. The molecule has 1 aliphatic rings. The molecule has 1 atom stereocenters. The summed E-state index contributed by atoms with van der Waals surface area (Å²) in [4.78, 5) is 0. The minimum Gasteiger partial charge on any atom is -0.394 e. The molecular weight excluding hydrogens is 152 g/mol. The van der Waals surface area contributed by atoms with Gasteiger partial charge in [-0.2, -0.15) is 0 Å². The molecule has 0 heterocycles. The monoisotopic (exact) mass is 172 g/mol. The van der Waals surface area contributed by atoms with Gasteiger partial charge in [-0.3, -0.25) is 0 Å². The Bertz CT molecular complexity index is 108. The van der Waals surface area contributed by atoms with Gasteiger partial charge in [0, 0.05) is 0 Å². The molecule has 0 aromatic rings. The van der Waals surface area contributed by atoms with Gasteiger partial charge in [0.25, 0.3) is 0 Å². The zero-order valence-electron chi connectivity index (χ0n) is 7.71. The summed E-state index contributed by atoms with van der Waals surface area (Å²) in [5, 5.41) is 17.8. The average molecular weight is 172 g/mol. The first-order chi connectivity index (χ1) is 5.83. The average Bonchev–Trinajstić information content (AvgIpc) is 2.16. The third kappa shape index (κ3) is 3.55. The predicted octanol–water partition coefficient (Wildman–Crippen LogP) is 1.70. The van der Waals surface area contributed by atoms with Crippen molar-refractivity contribution in [2.45, 2.75) is 51.0 Å². The van der Waals surface area contributed by atoms with Gasteiger partial charge >= 0.3 is 0 Å². The van der Waals surface area contributed by atoms with Crippen LogP contribution in [0.2, 0.25) is 0 Å². The van der Waals surface area contributed by atoms with Gasteiger partial charge in [-0.25, -0.2) is 0 Å². The highest BCUT2D eigenvalue weighted by atomic mass is 16.3. The SMILES string of the molecule is OC[C@@H](O)CCC1CCCCC1. The summed E-state index contributed by atoms with van der Waals surface area (Å²) in [6.07, 6.45) is 8.17. The second-order valence-corrected chi connectivity index (χ2v) is 3.92. The van der Waals surface area contributed by atoms with Crippen molar-refractivity contribution in [2.24, 2.45) is 5.92 Å². The zero-order valence-corrected chi connectivity index (χ0v) is 7.71. The molecule has 0 radical (unpaired) electrons. The van der Waals surface area contributed by atoms with E-state index in [9.17, 15) is 0 Å². The fourth-order valence-corrected chi connectivity index (χ4v) is 2.00. The molecule has 12 heavy (non-hydrogen) atoms. The van der Waals surface area contributed by atoms with Crippen molar-refractivity contribution in [1.82, 2.24) is 0 Å². The molecule has 1 saturated carbocycles. The first-order valence-corrected chi connectivity index (χ1v) is 5.12. The molecule has 2 nitrogen and oxygen atoms in total. The molecule has 0 aromatic carbocycles. The molecule has 72 valence electrons. The Kier molecular flexibility index (Phi) is 4.62. The van der Waals surface area contributed by atoms with Crippen LogP contribution >= 0.6 is 0 Å². The smallest absolute Gasteiger partial charge is 0.0771 e. The highest BCUT2D eigenvalue weighted by molar-refractivity contribution is 4.67. The number of aliphatic hydroxyl groups is 2. The Morgan fingerprint density at radius 1 is 1.17 bits per heavy atom. The number of hydrogen-bond donors (Lipinski definition) is 2. The Hall–Kier alpha value is -0.0800. The van der Waals surface area contributed by atoms with Crippen LogP contribution < -0.4 is 0 Å². The van der Waals surface area contributed by atoms with E-state index in [1.165, 1.54) is 32.1 Å². The summed E-state index contributed by atoms with van der Waals surface area (Å²) in [7, 11) is 0. The Balaban J connectivity index is 2.05. The first-order valence-electron chi connectivity index (χ1n) is 5.12. The van der Waals surface area contributed by atoms with Gasteiger partial charge in [-0.1, -0.05) is 32.1 Å². The molecule has 1 fully saturated rings. The lowest BCUT2D eigenvalue weighted by Gasteiger charge is -2.22. The van der Waals surface area contributed by atoms with Crippen molar-refractivity contribution < 1.29 is 10.2 Å². The van der Waals surface area contributed by atoms with Gasteiger partial charge in [0.2, 0.25) is 0 Å². The minimum absolute atomic E-state index is 0.0767. The van der Waals surface area contributed by atoms with Crippen LogP contribution in [0, 0.1) is 5.92 Å². The van der Waals surface area contributed by atoms with E-state index in [4.69, 9.17) is 10.2 Å². The van der Waals surface area contributed by atoms with E-state index in [0.717, 1.165) is 18.8 Å². The van der Waals surface area contributed by atoms with E-state index in [0.29, 0.717) is 0 Å². The highest BCUT2D eigenvalue weighted by Crippen LogP contribution is 2.27. The third-order valence-electron chi connectivity index (χ3n) is 2.84. The molecule has 1 rings (SSSR count). The fourth-order valence-electron chi connectivity index (χ4n) is 2.00. The summed E-state index contributed by atoms with van der Waals surface area (Å²) >= 11 is 0. The van der Waals surface area contributed by atoms with Gasteiger partial charge < -0.3 is 10.2 Å². The zero-order chi connectivity index (χ0) is 8.81. The maximum Gasteiger partial charge on any atom is 0.0771 e. The van der Waals surface area contributed by atoms with Crippen molar-refractivity contribution in [2.75, 3.05) is 6.61 Å². The lowest BCUT2D eigenvalue weighted by atomic mass is 9.85. The summed E-state index contributed by atoms with van der Waals surface area (Å²) in [6, 6.07) is 0. The van der Waals surface area contributed by atoms with E-state index in [-0.39, 0.29) is 6.61 Å². The van der Waals surface area contributed by atoms with E-state index in [1.54, 1.807) is 0 Å². The normalized spacial score (nSPS) is 22.5. The first kappa shape index (κ1) is 10.0. The molecular formula is C10H20O2. The standard InChI is InChI=1S/C10H20O2/c11-8-10(12)7-6-9-4-2-1-3-5-9/h9-12H,1-8H2/t10-/m0/s1. The van der Waals surface area contributed by atoms with E-state index in [1.807, 2.05) is 0 Å². The van der Waals surface area contributed by atoms with Gasteiger partial charge in [-0.15, -0.1) is 0 Å². The second-order valence-electron chi connectivity index (χ2n) is 3.92. The molecule has 1 aliphatic carbocycles. The Labute approximate surface area is 74.6 Å². The number of rotatable bonds is 4. The molecule has 2 heteroatoms. The van der Waals surface area contributed by atoms with Crippen molar-refractivity contribution in [1.29, 1.82) is 0 Å². The molecule has 0 bridgehead atoms. The van der Waals surface area contributed by atoms with Gasteiger partial charge in [0.1, 0.15) is 0 Å². The number of hydrogen-bond acceptors (Lipinski definition) is 2. The molecule has 0 aromatic heterocycles. The van der Waals surface area contributed by atoms with E-state index in [2.05, 4.69) is 0 Å². The second kappa shape index (κ2) is 5.55. The van der Waals surface area contributed by atoms with Crippen LogP contribution in [0.25, 0.3) is 0 Å². The molecule has 2 N–H and O–H groups in total. The van der Waals surface area contributed by atoms with Gasteiger partial charge in [-0.05, 0) is 18.8 Å². The van der Waals surface area contributed by atoms with Crippen molar-refractivity contribution in [3.8, 4) is 0 Å². The maximum absolute atomic E-state index is 9.14. The van der Waals surface area contributed by atoms with Crippen molar-refractivity contribution in [3.05, 3.63) is 0 Å². The largest absolute Gasteiger partial charge is 0.394 e. The van der Waals surface area contributed by atoms with Gasteiger partial charge in [0.05, 0.1) is 12.7 Å². The van der Waals surface area contributed by atoms with Crippen LogP contribution in [0.15, 0.2) is 0 Å². The molecule has 0 saturated heterocycles. The molecule has 0 unspecified atom stereocenters. The molecule has 0 amide bonds. The summed E-state index contributed by atoms with van der Waals surface area (Å²) in [5.41, 5.74) is 0. The summed E-state index contributed by atoms with van der Waals surface area (Å²) in [5.74, 6) is 0.819. The fraction of sp³-hybridized carbons (Fsp3) is 1.00. The summed E-state index contributed by atoms with van der Waals surface area (Å²) in [6.45, 7) is -0.0767. The van der Waals surface area contributed by atoms with Crippen LogP contribution in [-0.2, 0) is 0 Å². The Morgan fingerprint density at radius 2 is 1.83 bits per heavy atom. The van der Waals surface area contributed by atoms with Crippen molar-refractivity contribution >= 4 is 0 Å². The molecule has 0 spiro atoms. The van der Waals surface area contributed by atoms with Crippen LogP contribution in [0.3, 0.4) is 0 Å². The quantitative estimate of drug-likeness (QED) is 0.677. The lowest BCUT2D eigenvalue weighted by molar-refractivity contribution is 0.0805. The van der Waals surface area contributed by atoms with Crippen LogP contribution in [0.1, 0.15) is 44.9 Å². The van der Waals surface area contributed by atoms with E-state index < -0.39 is 6.10 Å². The maximum atomic E-state index is 9.14. The predicted molar refractivity (Wildman–Crippen MR) is 48.9 cm³/mol. The minimum atomic E-state index is -0.480. The highest BCUT2D eigenvalue weighted by Gasteiger charge is 2.14. The summed E-state index contributed by atoms with van der Waals surface area (Å²) < 4.78 is 0. The van der Waals surface area contributed by atoms with Crippen LogP contribution in [-0.4, -0.2) is 22.9 Å². The van der Waals surface area contributed by atoms with Crippen LogP contribution in [0.4, 0.5) is 0 Å². The number of aliphatic hydroxyl groups excluding tert-OH is 2. The van der Waals surface area contributed by atoms with Crippen molar-refractivity contribution in [3.63, 3.8) is 0 Å². The lowest BCUT2D eigenvalue weighted by Crippen LogP contribution is -2.15. The topological polar surface area (TPSA) is 40.5 Å². The van der Waals surface area contributed by atoms with Gasteiger partial charge in [0.15, 0.2) is 0 Å². The Morgan fingerprint density at radius 3 is 2.42 bits per heavy atom. The van der Waals surface area contributed by atoms with Crippen LogP contribution in [0.5, 0.6) is 0 Å². The van der Waals surface area contributed by atoms with E-state index >= 15 is 0 Å².